The fourth-order valence-corrected chi connectivity index (χ4v) is 3.76. The lowest BCUT2D eigenvalue weighted by Crippen LogP contribution is -2.36. The van der Waals surface area contributed by atoms with Crippen LogP contribution in [0.2, 0.25) is 0 Å². The summed E-state index contributed by atoms with van der Waals surface area (Å²) in [6, 6.07) is 6.72. The van der Waals surface area contributed by atoms with E-state index < -0.39 is 17.5 Å². The maximum Gasteiger partial charge on any atom is 0.151 e. The van der Waals surface area contributed by atoms with Crippen molar-refractivity contribution in [1.82, 2.24) is 10.2 Å². The summed E-state index contributed by atoms with van der Waals surface area (Å²) in [7, 11) is 0. The molecule has 1 aromatic heterocycles. The van der Waals surface area contributed by atoms with Gasteiger partial charge >= 0.3 is 0 Å². The van der Waals surface area contributed by atoms with Gasteiger partial charge in [0.1, 0.15) is 28.9 Å². The highest BCUT2D eigenvalue weighted by molar-refractivity contribution is 6.13. The van der Waals surface area contributed by atoms with Crippen LogP contribution in [0.5, 0.6) is 0 Å². The second-order valence-electron chi connectivity index (χ2n) is 7.18. The molecule has 0 unspecified atom stereocenters. The van der Waals surface area contributed by atoms with Gasteiger partial charge in [-0.15, -0.1) is 0 Å². The van der Waals surface area contributed by atoms with Gasteiger partial charge in [-0.05, 0) is 31.2 Å². The first-order valence-electron chi connectivity index (χ1n) is 9.54. The topological polar surface area (TPSA) is 65.5 Å². The molecule has 2 aromatic carbocycles. The van der Waals surface area contributed by atoms with Crippen LogP contribution in [-0.2, 0) is 4.74 Å². The summed E-state index contributed by atoms with van der Waals surface area (Å²) in [5.41, 5.74) is 2.31. The Labute approximate surface area is 170 Å². The van der Waals surface area contributed by atoms with E-state index in [-0.39, 0.29) is 17.1 Å². The van der Waals surface area contributed by atoms with E-state index >= 15 is 4.39 Å². The van der Waals surface area contributed by atoms with Crippen molar-refractivity contribution in [3.05, 3.63) is 59.0 Å². The first-order chi connectivity index (χ1) is 14.5. The molecule has 0 atom stereocenters. The fourth-order valence-electron chi connectivity index (χ4n) is 3.76. The number of fused-ring (bicyclic) bond motifs is 3. The third-order valence-electron chi connectivity index (χ3n) is 5.29. The van der Waals surface area contributed by atoms with Crippen LogP contribution in [0.4, 0.5) is 30.2 Å². The van der Waals surface area contributed by atoms with E-state index in [1.807, 2.05) is 4.90 Å². The van der Waals surface area contributed by atoms with Crippen molar-refractivity contribution in [1.29, 1.82) is 0 Å². The lowest BCUT2D eigenvalue weighted by atomic mass is 10.1. The van der Waals surface area contributed by atoms with Gasteiger partial charge in [-0.1, -0.05) is 6.07 Å². The Bertz CT molecular complexity index is 1150. The minimum Gasteiger partial charge on any atom is -0.378 e. The molecule has 30 heavy (non-hydrogen) atoms. The summed E-state index contributed by atoms with van der Waals surface area (Å²) in [6.07, 6.45) is 0. The SMILES string of the molecule is Cc1[nH]nc2c1NC(c1c(F)cccc1F)=Nc1c(F)cc(N3CCOCC3)cc1-2. The summed E-state index contributed by atoms with van der Waals surface area (Å²) in [6.45, 7) is 4.15. The van der Waals surface area contributed by atoms with E-state index in [0.29, 0.717) is 54.6 Å². The number of aryl methyl sites for hydroxylation is 1. The Kier molecular flexibility index (Phi) is 4.47. The van der Waals surface area contributed by atoms with E-state index in [4.69, 9.17) is 4.74 Å². The Morgan fingerprint density at radius 1 is 1.03 bits per heavy atom. The van der Waals surface area contributed by atoms with Crippen molar-refractivity contribution in [2.24, 2.45) is 4.99 Å². The molecule has 154 valence electrons. The number of amidine groups is 1. The second kappa shape index (κ2) is 7.17. The highest BCUT2D eigenvalue weighted by Crippen LogP contribution is 2.42. The molecule has 1 fully saturated rings. The summed E-state index contributed by atoms with van der Waals surface area (Å²) in [5.74, 6) is -2.30. The summed E-state index contributed by atoms with van der Waals surface area (Å²) < 4.78 is 49.5. The molecule has 0 radical (unpaired) electrons. The second-order valence-corrected chi connectivity index (χ2v) is 7.18. The van der Waals surface area contributed by atoms with Crippen LogP contribution in [0, 0.1) is 24.4 Å². The third kappa shape index (κ3) is 3.02. The van der Waals surface area contributed by atoms with Crippen LogP contribution in [0.15, 0.2) is 35.3 Å². The number of hydrogen-bond acceptors (Lipinski definition) is 5. The zero-order valence-corrected chi connectivity index (χ0v) is 16.1. The maximum atomic E-state index is 15.2. The van der Waals surface area contributed by atoms with Gasteiger partial charge in [-0.3, -0.25) is 5.10 Å². The predicted octanol–water partition coefficient (Wildman–Crippen LogP) is 4.14. The molecule has 9 heteroatoms. The van der Waals surface area contributed by atoms with Crippen molar-refractivity contribution in [3.8, 4) is 11.3 Å². The zero-order chi connectivity index (χ0) is 20.8. The van der Waals surface area contributed by atoms with E-state index in [2.05, 4.69) is 20.5 Å². The number of nitrogens with zero attached hydrogens (tertiary/aromatic N) is 3. The predicted molar refractivity (Wildman–Crippen MR) is 108 cm³/mol. The van der Waals surface area contributed by atoms with Gasteiger partial charge in [0, 0.05) is 24.3 Å². The molecule has 0 bridgehead atoms. The fraction of sp³-hybridized carbons (Fsp3) is 0.238. The number of hydrogen-bond donors (Lipinski definition) is 2. The Balaban J connectivity index is 1.73. The number of nitrogens with one attached hydrogen (secondary N) is 2. The van der Waals surface area contributed by atoms with Gasteiger partial charge in [0.05, 0.1) is 30.2 Å². The van der Waals surface area contributed by atoms with Gasteiger partial charge in [-0.2, -0.15) is 5.10 Å². The number of rotatable bonds is 2. The normalized spacial score (nSPS) is 15.7. The van der Waals surface area contributed by atoms with Crippen LogP contribution in [0.25, 0.3) is 11.3 Å². The molecule has 0 spiro atoms. The van der Waals surface area contributed by atoms with Gasteiger partial charge in [-0.25, -0.2) is 18.2 Å². The van der Waals surface area contributed by atoms with E-state index in [1.54, 1.807) is 13.0 Å². The number of benzene rings is 2. The minimum absolute atomic E-state index is 0.0255. The Hall–Kier alpha value is -3.33. The van der Waals surface area contributed by atoms with Gasteiger partial charge in [0.2, 0.25) is 0 Å². The average molecular weight is 413 g/mol. The molecule has 3 heterocycles. The zero-order valence-electron chi connectivity index (χ0n) is 16.1. The van der Waals surface area contributed by atoms with Gasteiger partial charge < -0.3 is 15.0 Å². The molecule has 0 amide bonds. The summed E-state index contributed by atoms with van der Waals surface area (Å²) >= 11 is 0. The van der Waals surface area contributed by atoms with Crippen LogP contribution in [0.3, 0.4) is 0 Å². The third-order valence-corrected chi connectivity index (χ3v) is 5.29. The first kappa shape index (κ1) is 18.7. The van der Waals surface area contributed by atoms with Crippen molar-refractivity contribution in [2.45, 2.75) is 6.92 Å². The lowest BCUT2D eigenvalue weighted by molar-refractivity contribution is 0.122. The molecule has 1 saturated heterocycles. The molecule has 5 rings (SSSR count). The van der Waals surface area contributed by atoms with Crippen molar-refractivity contribution >= 4 is 22.9 Å². The lowest BCUT2D eigenvalue weighted by Gasteiger charge is -2.29. The van der Waals surface area contributed by atoms with E-state index in [0.717, 1.165) is 12.1 Å². The monoisotopic (exact) mass is 413 g/mol. The molecule has 2 aliphatic rings. The van der Waals surface area contributed by atoms with Crippen LogP contribution >= 0.6 is 0 Å². The molecular weight excluding hydrogens is 395 g/mol. The number of aliphatic imine (C=N–C) groups is 1. The van der Waals surface area contributed by atoms with E-state index in [1.165, 1.54) is 12.1 Å². The molecular formula is C21H18F3N5O. The quantitative estimate of drug-likeness (QED) is 0.663. The van der Waals surface area contributed by atoms with Gasteiger partial charge in [0.15, 0.2) is 5.82 Å². The Morgan fingerprint density at radius 3 is 2.50 bits per heavy atom. The minimum atomic E-state index is -0.794. The maximum absolute atomic E-state index is 15.2. The van der Waals surface area contributed by atoms with Gasteiger partial charge in [0.25, 0.3) is 0 Å². The molecule has 0 aliphatic carbocycles. The number of H-pyrrole nitrogens is 1. The standard InChI is InChI=1S/C21H18F3N5O/c1-11-18-20(28-27-11)13-9-12(29-5-7-30-8-6-29)10-16(24)19(13)26-21(25-18)17-14(22)3-2-4-15(17)23/h2-4,9-10H,5-8H2,1H3,(H,25,26)(H,27,28). The van der Waals surface area contributed by atoms with Crippen LogP contribution in [-0.4, -0.2) is 42.3 Å². The number of ether oxygens (including phenoxy) is 1. The smallest absolute Gasteiger partial charge is 0.151 e. The highest BCUT2D eigenvalue weighted by atomic mass is 19.1. The summed E-state index contributed by atoms with van der Waals surface area (Å²) in [5, 5.41) is 10.1. The number of morpholine rings is 1. The number of anilines is 2. The number of aromatic amines is 1. The van der Waals surface area contributed by atoms with Crippen molar-refractivity contribution in [3.63, 3.8) is 0 Å². The molecule has 2 N–H and O–H groups in total. The van der Waals surface area contributed by atoms with Crippen LogP contribution < -0.4 is 10.2 Å². The summed E-state index contributed by atoms with van der Waals surface area (Å²) in [4.78, 5) is 6.32. The first-order valence-corrected chi connectivity index (χ1v) is 9.54. The Morgan fingerprint density at radius 2 is 1.77 bits per heavy atom. The molecule has 0 saturated carbocycles. The van der Waals surface area contributed by atoms with Crippen LogP contribution in [0.1, 0.15) is 11.3 Å². The number of aromatic nitrogens is 2. The molecule has 3 aromatic rings. The van der Waals surface area contributed by atoms with Crippen molar-refractivity contribution in [2.75, 3.05) is 36.5 Å². The van der Waals surface area contributed by atoms with Crippen molar-refractivity contribution < 1.29 is 17.9 Å². The van der Waals surface area contributed by atoms with E-state index in [9.17, 15) is 8.78 Å². The molecule has 2 aliphatic heterocycles. The largest absolute Gasteiger partial charge is 0.378 e. The number of halogens is 3. The highest BCUT2D eigenvalue weighted by Gasteiger charge is 2.27. The molecule has 6 nitrogen and oxygen atoms in total. The average Bonchev–Trinajstić information content (AvgIpc) is 3.00.